The van der Waals surface area contributed by atoms with Gasteiger partial charge in [0, 0.05) is 23.6 Å². The van der Waals surface area contributed by atoms with E-state index in [-0.39, 0.29) is 12.1 Å². The Kier molecular flexibility index (Phi) is 7.84. The molecule has 0 bridgehead atoms. The molecule has 0 aromatic heterocycles. The van der Waals surface area contributed by atoms with Gasteiger partial charge in [-0.2, -0.15) is 0 Å². The molecule has 0 aliphatic rings. The van der Waals surface area contributed by atoms with Gasteiger partial charge in [0.1, 0.15) is 5.60 Å². The van der Waals surface area contributed by atoms with E-state index < -0.39 is 5.60 Å². The summed E-state index contributed by atoms with van der Waals surface area (Å²) in [7, 11) is 0. The van der Waals surface area contributed by atoms with Gasteiger partial charge in [0.25, 0.3) is 0 Å². The number of alkyl carbamates (subject to hydrolysis) is 1. The fraction of sp³-hybridized carbons (Fsp3) is 0.588. The zero-order chi connectivity index (χ0) is 17.6. The zero-order valence-corrected chi connectivity index (χ0v) is 16.7. The lowest BCUT2D eigenvalue weighted by atomic mass is 10.0. The number of carbonyl (C=O) groups is 1. The van der Waals surface area contributed by atoms with Gasteiger partial charge in [-0.1, -0.05) is 31.5 Å². The van der Waals surface area contributed by atoms with E-state index in [0.717, 1.165) is 10.0 Å². The van der Waals surface area contributed by atoms with E-state index in [1.165, 1.54) is 0 Å². The van der Waals surface area contributed by atoms with Crippen molar-refractivity contribution in [1.29, 1.82) is 0 Å². The summed E-state index contributed by atoms with van der Waals surface area (Å²) in [6.45, 7) is 11.1. The molecule has 1 aromatic rings. The van der Waals surface area contributed by atoms with E-state index >= 15 is 0 Å². The van der Waals surface area contributed by atoms with Crippen molar-refractivity contribution in [2.45, 2.75) is 52.8 Å². The highest BCUT2D eigenvalue weighted by Crippen LogP contribution is 2.23. The standard InChI is InChI=1S/C17H26BrClN2O2/c1-11(2)15(21-16(22)23-17(3,4)5)10-20-9-12-6-7-14(19)13(18)8-12/h6-8,11,15,20H,9-10H2,1-5H3,(H,21,22). The quantitative estimate of drug-likeness (QED) is 0.718. The molecule has 1 rings (SSSR count). The summed E-state index contributed by atoms with van der Waals surface area (Å²) < 4.78 is 6.19. The van der Waals surface area contributed by atoms with E-state index in [1.54, 1.807) is 0 Å². The molecule has 4 nitrogen and oxygen atoms in total. The summed E-state index contributed by atoms with van der Waals surface area (Å²) in [6.07, 6.45) is -0.382. The van der Waals surface area contributed by atoms with Crippen LogP contribution in [0, 0.1) is 5.92 Å². The number of benzene rings is 1. The predicted molar refractivity (Wildman–Crippen MR) is 98.9 cm³/mol. The van der Waals surface area contributed by atoms with Crippen LogP contribution in [-0.4, -0.2) is 24.3 Å². The van der Waals surface area contributed by atoms with Crippen molar-refractivity contribution in [3.63, 3.8) is 0 Å². The average Bonchev–Trinajstić information content (AvgIpc) is 2.39. The van der Waals surface area contributed by atoms with Crippen molar-refractivity contribution in [1.82, 2.24) is 10.6 Å². The molecule has 0 saturated heterocycles. The van der Waals surface area contributed by atoms with Crippen LogP contribution in [0.1, 0.15) is 40.2 Å². The van der Waals surface area contributed by atoms with Crippen molar-refractivity contribution in [3.8, 4) is 0 Å². The van der Waals surface area contributed by atoms with Crippen LogP contribution in [-0.2, 0) is 11.3 Å². The summed E-state index contributed by atoms with van der Waals surface area (Å²) >= 11 is 9.41. The molecule has 6 heteroatoms. The lowest BCUT2D eigenvalue weighted by Gasteiger charge is -2.26. The third-order valence-corrected chi connectivity index (χ3v) is 4.40. The Labute approximate surface area is 152 Å². The molecule has 1 atom stereocenters. The number of amides is 1. The Hall–Kier alpha value is -0.780. The smallest absolute Gasteiger partial charge is 0.407 e. The highest BCUT2D eigenvalue weighted by atomic mass is 79.9. The van der Waals surface area contributed by atoms with Crippen LogP contribution in [0.3, 0.4) is 0 Å². The van der Waals surface area contributed by atoms with Crippen LogP contribution in [0.4, 0.5) is 4.79 Å². The fourth-order valence-corrected chi connectivity index (χ4v) is 2.48. The Morgan fingerprint density at radius 1 is 1.35 bits per heavy atom. The van der Waals surface area contributed by atoms with Crippen LogP contribution in [0.25, 0.3) is 0 Å². The van der Waals surface area contributed by atoms with Gasteiger partial charge in [-0.3, -0.25) is 0 Å². The van der Waals surface area contributed by atoms with Crippen LogP contribution in [0.2, 0.25) is 5.02 Å². The molecule has 1 unspecified atom stereocenters. The first-order valence-electron chi connectivity index (χ1n) is 7.72. The molecule has 0 aliphatic carbocycles. The second-order valence-corrected chi connectivity index (χ2v) is 8.14. The van der Waals surface area contributed by atoms with Crippen LogP contribution in [0.15, 0.2) is 22.7 Å². The minimum atomic E-state index is -0.491. The van der Waals surface area contributed by atoms with Crippen molar-refractivity contribution in [2.75, 3.05) is 6.54 Å². The van der Waals surface area contributed by atoms with Crippen LogP contribution < -0.4 is 10.6 Å². The highest BCUT2D eigenvalue weighted by Gasteiger charge is 2.21. The SMILES string of the molecule is CC(C)C(CNCc1ccc(Cl)c(Br)c1)NC(=O)OC(C)(C)C. The second kappa shape index (κ2) is 8.90. The topological polar surface area (TPSA) is 50.4 Å². The molecular weight excluding hydrogens is 380 g/mol. The van der Waals surface area contributed by atoms with Gasteiger partial charge in [0.05, 0.1) is 5.02 Å². The molecular formula is C17H26BrClN2O2. The van der Waals surface area contributed by atoms with E-state index in [0.29, 0.717) is 24.0 Å². The number of halogens is 2. The fourth-order valence-electron chi connectivity index (χ4n) is 1.93. The molecule has 0 spiro atoms. The molecule has 0 saturated carbocycles. The maximum absolute atomic E-state index is 11.9. The van der Waals surface area contributed by atoms with Gasteiger partial charge in [-0.25, -0.2) is 4.79 Å². The van der Waals surface area contributed by atoms with E-state index in [4.69, 9.17) is 16.3 Å². The molecule has 2 N–H and O–H groups in total. The van der Waals surface area contributed by atoms with Crippen molar-refractivity contribution >= 4 is 33.6 Å². The molecule has 0 fully saturated rings. The molecule has 1 aromatic carbocycles. The molecule has 23 heavy (non-hydrogen) atoms. The lowest BCUT2D eigenvalue weighted by molar-refractivity contribution is 0.0490. The summed E-state index contributed by atoms with van der Waals surface area (Å²) in [4.78, 5) is 11.9. The maximum atomic E-state index is 11.9. The Bertz CT molecular complexity index is 530. The van der Waals surface area contributed by atoms with Gasteiger partial charge in [0.2, 0.25) is 0 Å². The third kappa shape index (κ3) is 8.04. The maximum Gasteiger partial charge on any atom is 0.407 e. The Morgan fingerprint density at radius 3 is 2.52 bits per heavy atom. The summed E-state index contributed by atoms with van der Waals surface area (Å²) in [6, 6.07) is 5.83. The second-order valence-electron chi connectivity index (χ2n) is 6.88. The van der Waals surface area contributed by atoms with E-state index in [1.807, 2.05) is 39.0 Å². The molecule has 0 heterocycles. The normalized spacial score (nSPS) is 13.0. The van der Waals surface area contributed by atoms with Crippen LogP contribution in [0.5, 0.6) is 0 Å². The summed E-state index contributed by atoms with van der Waals surface area (Å²) in [5.41, 5.74) is 0.635. The highest BCUT2D eigenvalue weighted by molar-refractivity contribution is 9.10. The number of carbonyl (C=O) groups excluding carboxylic acids is 1. The predicted octanol–water partition coefficient (Wildman–Crippen LogP) is 4.74. The molecule has 0 aliphatic heterocycles. The lowest BCUT2D eigenvalue weighted by Crippen LogP contribution is -2.46. The van der Waals surface area contributed by atoms with Crippen LogP contribution >= 0.6 is 27.5 Å². The largest absolute Gasteiger partial charge is 0.444 e. The van der Waals surface area contributed by atoms with E-state index in [2.05, 4.69) is 40.4 Å². The van der Waals surface area contributed by atoms with Crippen molar-refractivity contribution in [3.05, 3.63) is 33.3 Å². The first-order chi connectivity index (χ1) is 10.6. The molecule has 0 radical (unpaired) electrons. The number of nitrogens with one attached hydrogen (secondary N) is 2. The average molecular weight is 406 g/mol. The first-order valence-corrected chi connectivity index (χ1v) is 8.89. The zero-order valence-electron chi connectivity index (χ0n) is 14.4. The third-order valence-electron chi connectivity index (χ3n) is 3.18. The Morgan fingerprint density at radius 2 is 2.00 bits per heavy atom. The van der Waals surface area contributed by atoms with E-state index in [9.17, 15) is 4.79 Å². The van der Waals surface area contributed by atoms with Gasteiger partial charge < -0.3 is 15.4 Å². The summed E-state index contributed by atoms with van der Waals surface area (Å²) in [5.74, 6) is 0.298. The van der Waals surface area contributed by atoms with Crippen molar-refractivity contribution < 1.29 is 9.53 Å². The Balaban J connectivity index is 2.50. The monoisotopic (exact) mass is 404 g/mol. The van der Waals surface area contributed by atoms with Gasteiger partial charge in [0.15, 0.2) is 0 Å². The number of ether oxygens (including phenoxy) is 1. The van der Waals surface area contributed by atoms with Gasteiger partial charge in [-0.05, 0) is 60.3 Å². The van der Waals surface area contributed by atoms with Gasteiger partial charge in [-0.15, -0.1) is 0 Å². The van der Waals surface area contributed by atoms with Crippen molar-refractivity contribution in [2.24, 2.45) is 5.92 Å². The minimum absolute atomic E-state index is 0.000547. The summed E-state index contributed by atoms with van der Waals surface area (Å²) in [5, 5.41) is 6.98. The minimum Gasteiger partial charge on any atom is -0.444 e. The number of hydrogen-bond donors (Lipinski definition) is 2. The molecule has 1 amide bonds. The van der Waals surface area contributed by atoms with Gasteiger partial charge >= 0.3 is 6.09 Å². The first kappa shape index (κ1) is 20.3. The number of hydrogen-bond acceptors (Lipinski definition) is 3. The molecule has 130 valence electrons. The number of rotatable bonds is 6.